The van der Waals surface area contributed by atoms with Crippen molar-refractivity contribution >= 4 is 28.3 Å². The summed E-state index contributed by atoms with van der Waals surface area (Å²) < 4.78 is 11.7. The summed E-state index contributed by atoms with van der Waals surface area (Å²) >= 11 is 0. The lowest BCUT2D eigenvalue weighted by atomic mass is 10.0. The van der Waals surface area contributed by atoms with Gasteiger partial charge in [-0.15, -0.1) is 0 Å². The molecule has 2 unspecified atom stereocenters. The molecular weight excluding hydrogens is 496 g/mol. The van der Waals surface area contributed by atoms with Gasteiger partial charge in [0.25, 0.3) is 0 Å². The minimum atomic E-state index is -1.27. The summed E-state index contributed by atoms with van der Waals surface area (Å²) in [7, 11) is 0. The van der Waals surface area contributed by atoms with Crippen LogP contribution in [0, 0.1) is 0 Å². The third kappa shape index (κ3) is 6.45. The summed E-state index contributed by atoms with van der Waals surface area (Å²) in [6.45, 7) is 6.06. The van der Waals surface area contributed by atoms with E-state index >= 15 is 0 Å². The monoisotopic (exact) mass is 528 g/mol. The van der Waals surface area contributed by atoms with Crippen molar-refractivity contribution in [3.05, 3.63) is 96.3 Å². The van der Waals surface area contributed by atoms with Gasteiger partial charge in [-0.25, -0.2) is 10.6 Å². The van der Waals surface area contributed by atoms with Crippen molar-refractivity contribution < 1.29 is 24.2 Å². The molecule has 0 bridgehead atoms. The Morgan fingerprint density at radius 1 is 0.974 bits per heavy atom. The summed E-state index contributed by atoms with van der Waals surface area (Å²) in [6, 6.07) is 18.7. The van der Waals surface area contributed by atoms with Gasteiger partial charge < -0.3 is 19.9 Å². The van der Waals surface area contributed by atoms with Gasteiger partial charge in [0.1, 0.15) is 6.04 Å². The molecule has 0 aliphatic carbocycles. The number of aromatic nitrogens is 1. The third-order valence-corrected chi connectivity index (χ3v) is 6.06. The number of fused-ring (bicyclic) bond motifs is 1. The number of hydrogen-bond acceptors (Lipinski definition) is 7. The standard InChI is InChI=1S/C30H32N4O5/c1-4-38-26-17-22(11-13-25(26)39-19(2)3)28(29(35)33-27(30(36)37)20-8-6-5-7-9-20)34(31)24-12-10-23-18-32-15-14-21(23)16-24/h5-19,27-28H,4,31H2,1-3H3,(H,33,35)(H,36,37). The van der Waals surface area contributed by atoms with Crippen LogP contribution in [0.1, 0.15) is 44.0 Å². The zero-order chi connectivity index (χ0) is 27.9. The number of carbonyl (C=O) groups is 2. The maximum absolute atomic E-state index is 13.9. The molecule has 0 aliphatic heterocycles. The van der Waals surface area contributed by atoms with Crippen LogP contribution in [0.3, 0.4) is 0 Å². The number of benzene rings is 3. The van der Waals surface area contributed by atoms with Crippen LogP contribution in [0.2, 0.25) is 0 Å². The summed E-state index contributed by atoms with van der Waals surface area (Å²) in [5.74, 6) is 5.84. The lowest BCUT2D eigenvalue weighted by Gasteiger charge is -2.30. The number of nitrogens with zero attached hydrogens (tertiary/aromatic N) is 2. The number of carboxylic acids is 1. The van der Waals surface area contributed by atoms with E-state index in [0.29, 0.717) is 34.9 Å². The largest absolute Gasteiger partial charge is 0.490 e. The van der Waals surface area contributed by atoms with Gasteiger partial charge in [-0.05, 0) is 67.6 Å². The van der Waals surface area contributed by atoms with E-state index in [0.717, 1.165) is 10.8 Å². The van der Waals surface area contributed by atoms with Crippen molar-refractivity contribution in [2.45, 2.75) is 39.0 Å². The number of amides is 1. The summed E-state index contributed by atoms with van der Waals surface area (Å²) in [4.78, 5) is 30.2. The molecule has 0 spiro atoms. The Bertz CT molecular complexity index is 1440. The molecule has 0 fully saturated rings. The number of nitrogens with one attached hydrogen (secondary N) is 1. The lowest BCUT2D eigenvalue weighted by molar-refractivity contribution is -0.142. The van der Waals surface area contributed by atoms with Gasteiger partial charge >= 0.3 is 5.97 Å². The number of pyridine rings is 1. The molecule has 0 radical (unpaired) electrons. The van der Waals surface area contributed by atoms with Crippen molar-refractivity contribution in [2.75, 3.05) is 11.6 Å². The predicted octanol–water partition coefficient (Wildman–Crippen LogP) is 4.78. The van der Waals surface area contributed by atoms with Crippen molar-refractivity contribution in [3.63, 3.8) is 0 Å². The van der Waals surface area contributed by atoms with Crippen molar-refractivity contribution in [1.29, 1.82) is 0 Å². The first-order chi connectivity index (χ1) is 18.8. The normalized spacial score (nSPS) is 12.5. The van der Waals surface area contributed by atoms with Crippen LogP contribution < -0.4 is 25.6 Å². The van der Waals surface area contributed by atoms with Gasteiger partial charge in [-0.3, -0.25) is 14.8 Å². The molecule has 1 heterocycles. The van der Waals surface area contributed by atoms with Crippen LogP contribution in [0.5, 0.6) is 11.5 Å². The van der Waals surface area contributed by atoms with Crippen molar-refractivity contribution in [3.8, 4) is 11.5 Å². The van der Waals surface area contributed by atoms with E-state index in [1.165, 1.54) is 5.01 Å². The smallest absolute Gasteiger partial charge is 0.330 e. The van der Waals surface area contributed by atoms with E-state index in [2.05, 4.69) is 10.3 Å². The number of carbonyl (C=O) groups excluding carboxylic acids is 1. The molecule has 4 aromatic rings. The molecule has 9 heteroatoms. The first-order valence-corrected chi connectivity index (χ1v) is 12.7. The Balaban J connectivity index is 1.78. The fourth-order valence-corrected chi connectivity index (χ4v) is 4.29. The number of ether oxygens (including phenoxy) is 2. The van der Waals surface area contributed by atoms with Crippen molar-refractivity contribution in [2.24, 2.45) is 5.84 Å². The van der Waals surface area contributed by atoms with Crippen LogP contribution in [0.25, 0.3) is 10.8 Å². The number of hydrazine groups is 1. The summed E-state index contributed by atoms with van der Waals surface area (Å²) in [5.41, 5.74) is 1.50. The number of aliphatic carboxylic acids is 1. The molecule has 0 aliphatic rings. The van der Waals surface area contributed by atoms with Crippen molar-refractivity contribution in [1.82, 2.24) is 10.3 Å². The van der Waals surface area contributed by atoms with Gasteiger partial charge in [0, 0.05) is 17.8 Å². The minimum Gasteiger partial charge on any atom is -0.490 e. The fourth-order valence-electron chi connectivity index (χ4n) is 4.29. The molecule has 0 saturated carbocycles. The molecule has 1 aromatic heterocycles. The molecule has 2 atom stereocenters. The van der Waals surface area contributed by atoms with Gasteiger partial charge in [0.2, 0.25) is 5.91 Å². The Morgan fingerprint density at radius 2 is 1.74 bits per heavy atom. The number of rotatable bonds is 11. The highest BCUT2D eigenvalue weighted by Gasteiger charge is 2.32. The second-order valence-corrected chi connectivity index (χ2v) is 9.21. The SMILES string of the molecule is CCOc1cc(C(C(=O)NC(C(=O)O)c2ccccc2)N(N)c2ccc3cnccc3c2)ccc1OC(C)C. The summed E-state index contributed by atoms with van der Waals surface area (Å²) in [6.07, 6.45) is 3.33. The second kappa shape index (κ2) is 12.3. The first-order valence-electron chi connectivity index (χ1n) is 12.7. The highest BCUT2D eigenvalue weighted by molar-refractivity contribution is 5.92. The van der Waals surface area contributed by atoms with E-state index in [1.54, 1.807) is 67.0 Å². The van der Waals surface area contributed by atoms with Crippen LogP contribution in [0.15, 0.2) is 85.2 Å². The van der Waals surface area contributed by atoms with Gasteiger partial charge in [0.15, 0.2) is 17.5 Å². The third-order valence-electron chi connectivity index (χ3n) is 6.06. The number of anilines is 1. The van der Waals surface area contributed by atoms with Gasteiger partial charge in [-0.1, -0.05) is 42.5 Å². The van der Waals surface area contributed by atoms with E-state index in [-0.39, 0.29) is 6.10 Å². The maximum atomic E-state index is 13.9. The molecule has 0 saturated heterocycles. The molecule has 4 N–H and O–H groups in total. The van der Waals surface area contributed by atoms with E-state index < -0.39 is 24.0 Å². The number of carboxylic acid groups (broad SMARTS) is 1. The number of hydrogen-bond donors (Lipinski definition) is 3. The Labute approximate surface area is 227 Å². The molecule has 3 aromatic carbocycles. The quantitative estimate of drug-likeness (QED) is 0.187. The Morgan fingerprint density at radius 3 is 2.44 bits per heavy atom. The topological polar surface area (TPSA) is 127 Å². The summed E-state index contributed by atoms with van der Waals surface area (Å²) in [5, 5.41) is 15.7. The fraction of sp³-hybridized carbons (Fsp3) is 0.233. The lowest BCUT2D eigenvalue weighted by Crippen LogP contribution is -2.46. The van der Waals surface area contributed by atoms with Crippen LogP contribution in [0.4, 0.5) is 5.69 Å². The molecule has 202 valence electrons. The average molecular weight is 529 g/mol. The van der Waals surface area contributed by atoms with Crippen LogP contribution >= 0.6 is 0 Å². The molecule has 39 heavy (non-hydrogen) atoms. The zero-order valence-electron chi connectivity index (χ0n) is 22.1. The second-order valence-electron chi connectivity index (χ2n) is 9.21. The maximum Gasteiger partial charge on any atom is 0.330 e. The average Bonchev–Trinajstić information content (AvgIpc) is 2.93. The van der Waals surface area contributed by atoms with E-state index in [9.17, 15) is 14.7 Å². The molecular formula is C30H32N4O5. The number of nitrogens with two attached hydrogens (primary N) is 1. The van der Waals surface area contributed by atoms with Crippen LogP contribution in [-0.2, 0) is 9.59 Å². The highest BCUT2D eigenvalue weighted by atomic mass is 16.5. The molecule has 4 rings (SSSR count). The van der Waals surface area contributed by atoms with E-state index in [4.69, 9.17) is 15.3 Å². The first kappa shape index (κ1) is 27.4. The predicted molar refractivity (Wildman–Crippen MR) is 149 cm³/mol. The molecule has 9 nitrogen and oxygen atoms in total. The Hall–Kier alpha value is -4.63. The van der Waals surface area contributed by atoms with E-state index in [1.807, 2.05) is 39.0 Å². The van der Waals surface area contributed by atoms with Crippen LogP contribution in [-0.4, -0.2) is 34.7 Å². The van der Waals surface area contributed by atoms with Gasteiger partial charge in [-0.2, -0.15) is 0 Å². The molecule has 1 amide bonds. The Kier molecular flexibility index (Phi) is 8.63. The zero-order valence-corrected chi connectivity index (χ0v) is 22.1. The minimum absolute atomic E-state index is 0.0885. The highest BCUT2D eigenvalue weighted by Crippen LogP contribution is 2.35. The van der Waals surface area contributed by atoms with Gasteiger partial charge in [0.05, 0.1) is 18.4 Å².